The van der Waals surface area contributed by atoms with E-state index in [-0.39, 0.29) is 6.10 Å². The highest BCUT2D eigenvalue weighted by molar-refractivity contribution is 5.47. The van der Waals surface area contributed by atoms with Crippen LogP contribution in [0.4, 0.5) is 14.5 Å². The summed E-state index contributed by atoms with van der Waals surface area (Å²) in [5.74, 6) is -1.63. The van der Waals surface area contributed by atoms with Gasteiger partial charge in [0.2, 0.25) is 0 Å². The third-order valence-corrected chi connectivity index (χ3v) is 3.52. The Morgan fingerprint density at radius 3 is 2.35 bits per heavy atom. The van der Waals surface area contributed by atoms with Gasteiger partial charge in [0.15, 0.2) is 11.6 Å². The summed E-state index contributed by atoms with van der Waals surface area (Å²) < 4.78 is 26.0. The highest BCUT2D eigenvalue weighted by Crippen LogP contribution is 2.27. The van der Waals surface area contributed by atoms with Gasteiger partial charge in [0, 0.05) is 24.8 Å². The summed E-state index contributed by atoms with van der Waals surface area (Å²) in [6.07, 6.45) is 3.12. The number of hydrogen-bond donors (Lipinski definition) is 1. The standard InChI is InChI=1S/C13H17F2NO/c1-16(9-2-5-11(17)6-3-9)10-4-7-12(14)13(15)8-10/h4,7-9,11,17H,2-3,5-6H2,1H3. The van der Waals surface area contributed by atoms with E-state index in [9.17, 15) is 13.9 Å². The first-order valence-electron chi connectivity index (χ1n) is 5.94. The molecule has 0 aromatic heterocycles. The van der Waals surface area contributed by atoms with Gasteiger partial charge in [0.1, 0.15) is 0 Å². The fourth-order valence-electron chi connectivity index (χ4n) is 2.36. The SMILES string of the molecule is CN(c1ccc(F)c(F)c1)C1CCC(O)CC1. The van der Waals surface area contributed by atoms with Crippen LogP contribution in [0.25, 0.3) is 0 Å². The minimum atomic E-state index is -0.818. The van der Waals surface area contributed by atoms with Gasteiger partial charge in [0.05, 0.1) is 6.10 Å². The number of hydrogen-bond acceptors (Lipinski definition) is 2. The molecule has 2 nitrogen and oxygen atoms in total. The summed E-state index contributed by atoms with van der Waals surface area (Å²) in [5, 5.41) is 9.43. The Hall–Kier alpha value is -1.16. The lowest BCUT2D eigenvalue weighted by Crippen LogP contribution is -2.36. The van der Waals surface area contributed by atoms with Crippen LogP contribution in [0.5, 0.6) is 0 Å². The van der Waals surface area contributed by atoms with Crippen molar-refractivity contribution in [3.05, 3.63) is 29.8 Å². The highest BCUT2D eigenvalue weighted by Gasteiger charge is 2.23. The third-order valence-electron chi connectivity index (χ3n) is 3.52. The van der Waals surface area contributed by atoms with E-state index >= 15 is 0 Å². The molecule has 0 aliphatic heterocycles. The van der Waals surface area contributed by atoms with Crippen LogP contribution in [0.15, 0.2) is 18.2 Å². The second-order valence-electron chi connectivity index (χ2n) is 4.67. The number of anilines is 1. The highest BCUT2D eigenvalue weighted by atomic mass is 19.2. The molecule has 0 saturated heterocycles. The minimum Gasteiger partial charge on any atom is -0.393 e. The van der Waals surface area contributed by atoms with Crippen molar-refractivity contribution in [1.82, 2.24) is 0 Å². The average molecular weight is 241 g/mol. The van der Waals surface area contributed by atoms with Crippen LogP contribution in [0.2, 0.25) is 0 Å². The number of nitrogens with zero attached hydrogens (tertiary/aromatic N) is 1. The molecule has 0 unspecified atom stereocenters. The zero-order valence-electron chi connectivity index (χ0n) is 9.87. The predicted octanol–water partition coefficient (Wildman–Crippen LogP) is 2.70. The molecule has 1 aromatic rings. The minimum absolute atomic E-state index is 0.204. The number of aliphatic hydroxyl groups is 1. The molecule has 17 heavy (non-hydrogen) atoms. The van der Waals surface area contributed by atoms with E-state index in [0.29, 0.717) is 11.7 Å². The van der Waals surface area contributed by atoms with Crippen LogP contribution in [0, 0.1) is 11.6 Å². The average Bonchev–Trinajstić information content (AvgIpc) is 2.33. The monoisotopic (exact) mass is 241 g/mol. The first-order valence-corrected chi connectivity index (χ1v) is 5.94. The zero-order chi connectivity index (χ0) is 12.4. The molecule has 0 spiro atoms. The fraction of sp³-hybridized carbons (Fsp3) is 0.538. The van der Waals surface area contributed by atoms with Crippen molar-refractivity contribution in [3.8, 4) is 0 Å². The summed E-state index contributed by atoms with van der Waals surface area (Å²) in [6.45, 7) is 0. The Bertz CT molecular complexity index is 389. The van der Waals surface area contributed by atoms with Gasteiger partial charge in [-0.15, -0.1) is 0 Å². The number of halogens is 2. The van der Waals surface area contributed by atoms with Gasteiger partial charge in [0.25, 0.3) is 0 Å². The lowest BCUT2D eigenvalue weighted by molar-refractivity contribution is 0.122. The van der Waals surface area contributed by atoms with Crippen molar-refractivity contribution in [3.63, 3.8) is 0 Å². The van der Waals surface area contributed by atoms with Crippen molar-refractivity contribution in [2.24, 2.45) is 0 Å². The third kappa shape index (κ3) is 2.75. The quantitative estimate of drug-likeness (QED) is 0.860. The molecule has 0 heterocycles. The molecule has 0 amide bonds. The van der Waals surface area contributed by atoms with Gasteiger partial charge in [-0.1, -0.05) is 0 Å². The second kappa shape index (κ2) is 5.00. The Kier molecular flexibility index (Phi) is 3.62. The van der Waals surface area contributed by atoms with E-state index in [1.54, 1.807) is 6.07 Å². The van der Waals surface area contributed by atoms with E-state index < -0.39 is 11.6 Å². The fourth-order valence-corrected chi connectivity index (χ4v) is 2.36. The largest absolute Gasteiger partial charge is 0.393 e. The second-order valence-corrected chi connectivity index (χ2v) is 4.67. The first-order chi connectivity index (χ1) is 8.08. The summed E-state index contributed by atoms with van der Waals surface area (Å²) in [6, 6.07) is 4.26. The lowest BCUT2D eigenvalue weighted by Gasteiger charge is -2.34. The van der Waals surface area contributed by atoms with E-state index in [1.807, 2.05) is 11.9 Å². The molecule has 1 aromatic carbocycles. The Balaban J connectivity index is 2.08. The summed E-state index contributed by atoms with van der Waals surface area (Å²) in [4.78, 5) is 1.97. The van der Waals surface area contributed by atoms with Gasteiger partial charge >= 0.3 is 0 Å². The Morgan fingerprint density at radius 1 is 1.12 bits per heavy atom. The van der Waals surface area contributed by atoms with E-state index in [0.717, 1.165) is 31.7 Å². The Labute approximate surface area is 99.9 Å². The number of rotatable bonds is 2. The molecule has 4 heteroatoms. The van der Waals surface area contributed by atoms with Crippen molar-refractivity contribution in [2.45, 2.75) is 37.8 Å². The maximum Gasteiger partial charge on any atom is 0.160 e. The van der Waals surface area contributed by atoms with Crippen molar-refractivity contribution in [2.75, 3.05) is 11.9 Å². The maximum absolute atomic E-state index is 13.1. The van der Waals surface area contributed by atoms with Crippen molar-refractivity contribution < 1.29 is 13.9 Å². The lowest BCUT2D eigenvalue weighted by atomic mass is 9.92. The molecule has 94 valence electrons. The van der Waals surface area contributed by atoms with Gasteiger partial charge in [-0.2, -0.15) is 0 Å². The molecule has 1 aliphatic carbocycles. The van der Waals surface area contributed by atoms with E-state index in [4.69, 9.17) is 0 Å². The molecule has 2 rings (SSSR count). The normalized spacial score (nSPS) is 24.7. The topological polar surface area (TPSA) is 23.5 Å². The van der Waals surface area contributed by atoms with Crippen LogP contribution in [-0.2, 0) is 0 Å². The Morgan fingerprint density at radius 2 is 1.76 bits per heavy atom. The molecule has 0 atom stereocenters. The van der Waals surface area contributed by atoms with Gasteiger partial charge < -0.3 is 10.0 Å². The van der Waals surface area contributed by atoms with Crippen LogP contribution in [0.3, 0.4) is 0 Å². The van der Waals surface area contributed by atoms with Crippen LogP contribution < -0.4 is 4.90 Å². The first kappa shape index (κ1) is 12.3. The van der Waals surface area contributed by atoms with Gasteiger partial charge in [-0.05, 0) is 37.8 Å². The summed E-state index contributed by atoms with van der Waals surface area (Å²) in [5.41, 5.74) is 0.685. The molecular weight excluding hydrogens is 224 g/mol. The number of benzene rings is 1. The van der Waals surface area contributed by atoms with Gasteiger partial charge in [-0.25, -0.2) is 8.78 Å². The smallest absolute Gasteiger partial charge is 0.160 e. The molecule has 1 aliphatic rings. The van der Waals surface area contributed by atoms with Crippen LogP contribution >= 0.6 is 0 Å². The molecule has 0 radical (unpaired) electrons. The van der Waals surface area contributed by atoms with Crippen molar-refractivity contribution >= 4 is 5.69 Å². The maximum atomic E-state index is 13.1. The molecule has 1 N–H and O–H groups in total. The van der Waals surface area contributed by atoms with E-state index in [1.165, 1.54) is 6.07 Å². The summed E-state index contributed by atoms with van der Waals surface area (Å²) in [7, 11) is 1.88. The summed E-state index contributed by atoms with van der Waals surface area (Å²) >= 11 is 0. The molecule has 0 bridgehead atoms. The molecular formula is C13H17F2NO. The predicted molar refractivity (Wildman–Crippen MR) is 63.0 cm³/mol. The van der Waals surface area contributed by atoms with Crippen LogP contribution in [0.1, 0.15) is 25.7 Å². The zero-order valence-corrected chi connectivity index (χ0v) is 9.87. The van der Waals surface area contributed by atoms with Crippen molar-refractivity contribution in [1.29, 1.82) is 0 Å². The van der Waals surface area contributed by atoms with Gasteiger partial charge in [-0.3, -0.25) is 0 Å². The number of aliphatic hydroxyl groups excluding tert-OH is 1. The molecule has 1 saturated carbocycles. The molecule has 1 fully saturated rings. The van der Waals surface area contributed by atoms with Crippen LogP contribution in [-0.4, -0.2) is 24.3 Å². The van der Waals surface area contributed by atoms with E-state index in [2.05, 4.69) is 0 Å².